The van der Waals surface area contributed by atoms with Crippen LogP contribution in [0.25, 0.3) is 0 Å². The lowest BCUT2D eigenvalue weighted by Gasteiger charge is -2.11. The van der Waals surface area contributed by atoms with Crippen LogP contribution in [-0.4, -0.2) is 33.4 Å². The Bertz CT molecular complexity index is 1090. The number of amides is 1. The number of nitrogens with two attached hydrogens (primary N) is 1. The van der Waals surface area contributed by atoms with Crippen LogP contribution in [0.15, 0.2) is 30.6 Å². The Morgan fingerprint density at radius 3 is 2.69 bits per heavy atom. The van der Waals surface area contributed by atoms with Crippen molar-refractivity contribution in [3.63, 3.8) is 0 Å². The van der Waals surface area contributed by atoms with Crippen molar-refractivity contribution in [1.82, 2.24) is 14.3 Å². The highest BCUT2D eigenvalue weighted by molar-refractivity contribution is 7.10. The first kappa shape index (κ1) is 23.3. The van der Waals surface area contributed by atoms with Crippen LogP contribution in [-0.2, 0) is 6.18 Å². The smallest absolute Gasteiger partial charge is 0.434 e. The minimum atomic E-state index is -4.61. The van der Waals surface area contributed by atoms with E-state index in [0.29, 0.717) is 24.9 Å². The molecule has 0 unspecified atom stereocenters. The maximum Gasteiger partial charge on any atom is 0.434 e. The maximum atomic E-state index is 13.9. The number of benzene rings is 1. The van der Waals surface area contributed by atoms with Crippen molar-refractivity contribution in [1.29, 1.82) is 0 Å². The molecule has 3 rings (SSSR count). The third-order valence-electron chi connectivity index (χ3n) is 4.07. The maximum absolute atomic E-state index is 13.9. The second-order valence-electron chi connectivity index (χ2n) is 6.47. The lowest BCUT2D eigenvalue weighted by Crippen LogP contribution is -2.15. The molecule has 0 bridgehead atoms. The molecule has 8 nitrogen and oxygen atoms in total. The topological polar surface area (TPSA) is 115 Å². The number of ether oxygens (including phenoxy) is 1. The summed E-state index contributed by atoms with van der Waals surface area (Å²) in [5.41, 5.74) is 5.08. The minimum absolute atomic E-state index is 0.00747. The van der Waals surface area contributed by atoms with Crippen LogP contribution in [0.1, 0.15) is 28.2 Å². The van der Waals surface area contributed by atoms with Crippen LogP contribution in [0.3, 0.4) is 0 Å². The van der Waals surface area contributed by atoms with Crippen molar-refractivity contribution in [2.24, 2.45) is 5.73 Å². The molecule has 0 fully saturated rings. The van der Waals surface area contributed by atoms with Gasteiger partial charge in [0.2, 0.25) is 0 Å². The summed E-state index contributed by atoms with van der Waals surface area (Å²) in [7, 11) is 0. The number of alkyl halides is 3. The van der Waals surface area contributed by atoms with Crippen LogP contribution in [0.4, 0.5) is 34.1 Å². The fourth-order valence-electron chi connectivity index (χ4n) is 2.53. The number of hydrogen-bond donors (Lipinski definition) is 3. The predicted molar refractivity (Wildman–Crippen MR) is 111 cm³/mol. The summed E-state index contributed by atoms with van der Waals surface area (Å²) in [5.74, 6) is -1.17. The Morgan fingerprint density at radius 2 is 2.03 bits per heavy atom. The number of nitrogens with zero attached hydrogens (tertiary/aromatic N) is 3. The zero-order valence-electron chi connectivity index (χ0n) is 16.7. The fraction of sp³-hybridized carbons (Fsp3) is 0.263. The number of anilines is 3. The third kappa shape index (κ3) is 5.68. The van der Waals surface area contributed by atoms with Crippen molar-refractivity contribution in [3.05, 3.63) is 53.4 Å². The zero-order valence-corrected chi connectivity index (χ0v) is 17.5. The molecular formula is C19H18F4N6O2S. The number of carbonyl (C=O) groups excluding carboxylic acids is 1. The summed E-state index contributed by atoms with van der Waals surface area (Å²) in [4.78, 5) is 19.8. The van der Waals surface area contributed by atoms with Gasteiger partial charge in [-0.05, 0) is 43.6 Å². The fourth-order valence-corrected chi connectivity index (χ4v) is 3.33. The molecule has 13 heteroatoms. The van der Waals surface area contributed by atoms with Gasteiger partial charge in [-0.2, -0.15) is 17.5 Å². The molecular weight excluding hydrogens is 452 g/mol. The molecule has 4 N–H and O–H groups in total. The summed E-state index contributed by atoms with van der Waals surface area (Å²) in [6, 6.07) is 3.86. The first-order valence-electron chi connectivity index (χ1n) is 9.25. The van der Waals surface area contributed by atoms with Gasteiger partial charge >= 0.3 is 6.18 Å². The van der Waals surface area contributed by atoms with Gasteiger partial charge in [-0.1, -0.05) is 0 Å². The quantitative estimate of drug-likeness (QED) is 0.335. The number of carbonyl (C=O) groups is 1. The van der Waals surface area contributed by atoms with Crippen LogP contribution < -0.4 is 21.1 Å². The van der Waals surface area contributed by atoms with Crippen molar-refractivity contribution in [2.45, 2.75) is 19.5 Å². The van der Waals surface area contributed by atoms with Crippen LogP contribution in [0.2, 0.25) is 0 Å². The number of halogens is 4. The predicted octanol–water partition coefficient (Wildman–Crippen LogP) is 4.12. The van der Waals surface area contributed by atoms with Gasteiger partial charge in [0.15, 0.2) is 17.3 Å². The zero-order chi connectivity index (χ0) is 23.3. The molecule has 0 aliphatic rings. The summed E-state index contributed by atoms with van der Waals surface area (Å²) >= 11 is 0.930. The molecule has 2 aromatic heterocycles. The number of hydrogen-bond acceptors (Lipinski definition) is 8. The van der Waals surface area contributed by atoms with Gasteiger partial charge < -0.3 is 21.1 Å². The molecule has 0 aliphatic carbocycles. The number of aryl methyl sites for hydroxylation is 1. The Morgan fingerprint density at radius 1 is 1.25 bits per heavy atom. The number of rotatable bonds is 8. The van der Waals surface area contributed by atoms with Gasteiger partial charge in [0.25, 0.3) is 5.91 Å². The van der Waals surface area contributed by atoms with Gasteiger partial charge in [0.05, 0.1) is 30.3 Å². The van der Waals surface area contributed by atoms with Gasteiger partial charge in [0.1, 0.15) is 10.8 Å². The molecule has 32 heavy (non-hydrogen) atoms. The molecule has 1 amide bonds. The third-order valence-corrected chi connectivity index (χ3v) is 4.92. The first-order valence-corrected chi connectivity index (χ1v) is 10.0. The van der Waals surface area contributed by atoms with Crippen LogP contribution >= 0.6 is 11.5 Å². The monoisotopic (exact) mass is 470 g/mol. The van der Waals surface area contributed by atoms with E-state index in [0.717, 1.165) is 23.8 Å². The molecule has 3 aromatic rings. The summed E-state index contributed by atoms with van der Waals surface area (Å²) < 4.78 is 61.3. The average Bonchev–Trinajstić information content (AvgIpc) is 3.10. The van der Waals surface area contributed by atoms with Crippen molar-refractivity contribution in [2.75, 3.05) is 23.8 Å². The van der Waals surface area contributed by atoms with Crippen LogP contribution in [0, 0.1) is 12.7 Å². The second kappa shape index (κ2) is 9.87. The Hall–Kier alpha value is -3.32. The molecule has 170 valence electrons. The van der Waals surface area contributed by atoms with E-state index in [-0.39, 0.29) is 34.4 Å². The highest BCUT2D eigenvalue weighted by atomic mass is 32.1. The molecule has 0 aliphatic heterocycles. The van der Waals surface area contributed by atoms with E-state index in [9.17, 15) is 22.4 Å². The number of aromatic nitrogens is 3. The lowest BCUT2D eigenvalue weighted by molar-refractivity contribution is -0.141. The standard InChI is InChI=1S/C19H18F4N6O2S/c1-10-16(17(30)27-11-3-4-12(20)13(7-11)31-6-2-5-24)18(32-29-10)28-15-9-25-14(8-26-15)19(21,22)23/h3-4,7-9H,2,5-6,24H2,1H3,(H,26,28)(H,27,30). The van der Waals surface area contributed by atoms with Gasteiger partial charge in [0, 0.05) is 11.8 Å². The highest BCUT2D eigenvalue weighted by Crippen LogP contribution is 2.30. The molecule has 0 saturated carbocycles. The van der Waals surface area contributed by atoms with E-state index >= 15 is 0 Å². The van der Waals surface area contributed by atoms with Crippen molar-refractivity contribution in [3.8, 4) is 5.75 Å². The Labute approximate surface area is 184 Å². The van der Waals surface area contributed by atoms with Crippen molar-refractivity contribution < 1.29 is 27.1 Å². The van der Waals surface area contributed by atoms with Gasteiger partial charge in [-0.25, -0.2) is 14.4 Å². The van der Waals surface area contributed by atoms with E-state index in [2.05, 4.69) is 25.0 Å². The molecule has 1 aromatic carbocycles. The SMILES string of the molecule is Cc1nsc(Nc2cnc(C(F)(F)F)cn2)c1C(=O)Nc1ccc(F)c(OCCCN)c1. The van der Waals surface area contributed by atoms with Crippen molar-refractivity contribution >= 4 is 33.9 Å². The number of nitrogens with one attached hydrogen (secondary N) is 2. The lowest BCUT2D eigenvalue weighted by atomic mass is 10.2. The average molecular weight is 470 g/mol. The van der Waals surface area contributed by atoms with Gasteiger partial charge in [-0.3, -0.25) is 4.79 Å². The van der Waals surface area contributed by atoms with Crippen LogP contribution in [0.5, 0.6) is 5.75 Å². The normalized spacial score (nSPS) is 11.3. The molecule has 0 spiro atoms. The first-order chi connectivity index (χ1) is 15.2. The molecule has 0 radical (unpaired) electrons. The largest absolute Gasteiger partial charge is 0.490 e. The molecule has 2 heterocycles. The summed E-state index contributed by atoms with van der Waals surface area (Å²) in [6.45, 7) is 2.21. The minimum Gasteiger partial charge on any atom is -0.490 e. The second-order valence-corrected chi connectivity index (χ2v) is 7.25. The van der Waals surface area contributed by atoms with E-state index in [4.69, 9.17) is 10.5 Å². The highest BCUT2D eigenvalue weighted by Gasteiger charge is 2.32. The van der Waals surface area contributed by atoms with E-state index in [1.165, 1.54) is 12.1 Å². The van der Waals surface area contributed by atoms with E-state index in [1.807, 2.05) is 0 Å². The van der Waals surface area contributed by atoms with Gasteiger partial charge in [-0.15, -0.1) is 0 Å². The molecule has 0 atom stereocenters. The Kier molecular flexibility index (Phi) is 7.20. The molecule has 0 saturated heterocycles. The summed E-state index contributed by atoms with van der Waals surface area (Å²) in [5, 5.41) is 5.64. The van der Waals surface area contributed by atoms with E-state index < -0.39 is 23.6 Å². The van der Waals surface area contributed by atoms with E-state index in [1.54, 1.807) is 6.92 Å². The Balaban J connectivity index is 1.76. The summed E-state index contributed by atoms with van der Waals surface area (Å²) in [6.07, 6.45) is -2.58.